The number of nitrogens with one attached hydrogen (secondary N) is 2. The second-order valence-corrected chi connectivity index (χ2v) is 6.40. The van der Waals surface area contributed by atoms with E-state index in [0.29, 0.717) is 13.0 Å². The molecule has 132 valence electrons. The van der Waals surface area contributed by atoms with Gasteiger partial charge in [-0.05, 0) is 23.3 Å². The highest BCUT2D eigenvalue weighted by molar-refractivity contribution is 5.74. The molecule has 0 unspecified atom stereocenters. The number of fused-ring (bicyclic) bond motifs is 1. The molecule has 2 amide bonds. The van der Waals surface area contributed by atoms with Gasteiger partial charge in [0, 0.05) is 24.7 Å². The highest BCUT2D eigenvalue weighted by atomic mass is 16.3. The van der Waals surface area contributed by atoms with E-state index in [9.17, 15) is 9.90 Å². The average Bonchev–Trinajstić information content (AvgIpc) is 3.26. The van der Waals surface area contributed by atoms with Crippen LogP contribution in [0.5, 0.6) is 0 Å². The standard InChI is InChI=1S/C20H20N4O2/c25-18-10-15-6-4-5-9-17(15)19(18)23-20(26)21-11-14-12-22-24(13-14)16-7-2-1-3-8-16/h1-9,12-13,18-19,25H,10-11H2,(H2,21,23,26)/t18-,19+/m1/s1. The molecule has 0 spiro atoms. The molecule has 2 aromatic carbocycles. The molecule has 0 saturated carbocycles. The monoisotopic (exact) mass is 348 g/mol. The summed E-state index contributed by atoms with van der Waals surface area (Å²) in [6, 6.07) is 16.9. The molecule has 0 saturated heterocycles. The molecular formula is C20H20N4O2. The smallest absolute Gasteiger partial charge is 0.315 e. The van der Waals surface area contributed by atoms with Gasteiger partial charge in [0.2, 0.25) is 0 Å². The first-order chi connectivity index (χ1) is 12.7. The van der Waals surface area contributed by atoms with Crippen molar-refractivity contribution in [3.8, 4) is 5.69 Å². The number of hydrogen-bond donors (Lipinski definition) is 3. The lowest BCUT2D eigenvalue weighted by molar-refractivity contribution is 0.142. The van der Waals surface area contributed by atoms with Crippen molar-refractivity contribution >= 4 is 6.03 Å². The summed E-state index contributed by atoms with van der Waals surface area (Å²) in [6.07, 6.45) is 3.58. The topological polar surface area (TPSA) is 79.2 Å². The highest BCUT2D eigenvalue weighted by Crippen LogP contribution is 2.31. The van der Waals surface area contributed by atoms with Crippen molar-refractivity contribution in [2.75, 3.05) is 0 Å². The van der Waals surface area contributed by atoms with E-state index >= 15 is 0 Å². The number of para-hydroxylation sites is 1. The van der Waals surface area contributed by atoms with Crippen molar-refractivity contribution in [1.82, 2.24) is 20.4 Å². The van der Waals surface area contributed by atoms with Gasteiger partial charge in [-0.1, -0.05) is 42.5 Å². The minimum absolute atomic E-state index is 0.307. The van der Waals surface area contributed by atoms with Crippen LogP contribution in [0.3, 0.4) is 0 Å². The second-order valence-electron chi connectivity index (χ2n) is 6.40. The third-order valence-corrected chi connectivity index (χ3v) is 4.60. The zero-order valence-corrected chi connectivity index (χ0v) is 14.2. The summed E-state index contributed by atoms with van der Waals surface area (Å²) in [7, 11) is 0. The Kier molecular flexibility index (Phi) is 4.41. The van der Waals surface area contributed by atoms with E-state index in [4.69, 9.17) is 0 Å². The fourth-order valence-corrected chi connectivity index (χ4v) is 3.30. The summed E-state index contributed by atoms with van der Waals surface area (Å²) in [5.74, 6) is 0. The Bertz CT molecular complexity index is 907. The van der Waals surface area contributed by atoms with Gasteiger partial charge in [-0.15, -0.1) is 0 Å². The largest absolute Gasteiger partial charge is 0.390 e. The van der Waals surface area contributed by atoms with Crippen molar-refractivity contribution in [3.05, 3.63) is 83.7 Å². The molecule has 0 radical (unpaired) electrons. The number of urea groups is 1. The molecule has 1 aromatic heterocycles. The van der Waals surface area contributed by atoms with E-state index in [1.54, 1.807) is 10.9 Å². The van der Waals surface area contributed by atoms with Gasteiger partial charge in [-0.2, -0.15) is 5.10 Å². The quantitative estimate of drug-likeness (QED) is 0.677. The number of aliphatic hydroxyl groups excluding tert-OH is 1. The summed E-state index contributed by atoms with van der Waals surface area (Å²) >= 11 is 0. The summed E-state index contributed by atoms with van der Waals surface area (Å²) in [5.41, 5.74) is 3.92. The Labute approximate surface area is 151 Å². The first-order valence-corrected chi connectivity index (χ1v) is 8.60. The molecule has 1 heterocycles. The predicted molar refractivity (Wildman–Crippen MR) is 97.8 cm³/mol. The van der Waals surface area contributed by atoms with Crippen LogP contribution < -0.4 is 10.6 Å². The number of hydrogen-bond acceptors (Lipinski definition) is 3. The molecule has 4 rings (SSSR count). The molecule has 6 nitrogen and oxygen atoms in total. The van der Waals surface area contributed by atoms with Crippen LogP contribution in [0, 0.1) is 0 Å². The Morgan fingerprint density at radius 3 is 2.77 bits per heavy atom. The SMILES string of the molecule is O=C(NCc1cnn(-c2ccccc2)c1)N[C@H]1c2ccccc2C[C@H]1O. The van der Waals surface area contributed by atoms with Gasteiger partial charge in [0.15, 0.2) is 0 Å². The van der Waals surface area contributed by atoms with Crippen LogP contribution in [0.25, 0.3) is 5.69 Å². The normalized spacial score (nSPS) is 18.3. The first kappa shape index (κ1) is 16.4. The van der Waals surface area contributed by atoms with E-state index in [0.717, 1.165) is 22.4 Å². The molecule has 1 aliphatic rings. The highest BCUT2D eigenvalue weighted by Gasteiger charge is 2.31. The number of amides is 2. The zero-order valence-electron chi connectivity index (χ0n) is 14.2. The maximum Gasteiger partial charge on any atom is 0.315 e. The lowest BCUT2D eigenvalue weighted by atomic mass is 10.1. The minimum atomic E-state index is -0.598. The van der Waals surface area contributed by atoms with Crippen molar-refractivity contribution in [2.24, 2.45) is 0 Å². The van der Waals surface area contributed by atoms with Gasteiger partial charge in [0.25, 0.3) is 0 Å². The fraction of sp³-hybridized carbons (Fsp3) is 0.200. The zero-order chi connectivity index (χ0) is 17.9. The number of aromatic nitrogens is 2. The summed E-state index contributed by atoms with van der Waals surface area (Å²) in [6.45, 7) is 0.364. The number of carbonyl (C=O) groups excluding carboxylic acids is 1. The van der Waals surface area contributed by atoms with Gasteiger partial charge in [-0.25, -0.2) is 9.48 Å². The lowest BCUT2D eigenvalue weighted by Gasteiger charge is -2.18. The third kappa shape index (κ3) is 3.32. The first-order valence-electron chi connectivity index (χ1n) is 8.60. The number of aliphatic hydroxyl groups is 1. The Morgan fingerprint density at radius 1 is 1.15 bits per heavy atom. The van der Waals surface area contributed by atoms with E-state index < -0.39 is 6.10 Å². The van der Waals surface area contributed by atoms with E-state index in [2.05, 4.69) is 15.7 Å². The molecule has 0 fully saturated rings. The molecule has 2 atom stereocenters. The van der Waals surface area contributed by atoms with Gasteiger partial charge in [0.1, 0.15) is 0 Å². The van der Waals surface area contributed by atoms with Crippen LogP contribution in [0.1, 0.15) is 22.7 Å². The predicted octanol–water partition coefficient (Wildman–Crippen LogP) is 2.33. The van der Waals surface area contributed by atoms with Crippen LogP contribution in [0.4, 0.5) is 4.79 Å². The van der Waals surface area contributed by atoms with Crippen LogP contribution in [0.15, 0.2) is 67.0 Å². The third-order valence-electron chi connectivity index (χ3n) is 4.60. The van der Waals surface area contributed by atoms with Crippen molar-refractivity contribution < 1.29 is 9.90 Å². The van der Waals surface area contributed by atoms with Gasteiger partial charge in [-0.3, -0.25) is 0 Å². The Balaban J connectivity index is 1.36. The lowest BCUT2D eigenvalue weighted by Crippen LogP contribution is -2.40. The van der Waals surface area contributed by atoms with Crippen LogP contribution >= 0.6 is 0 Å². The molecule has 1 aliphatic carbocycles. The number of carbonyl (C=O) groups is 1. The van der Waals surface area contributed by atoms with Crippen molar-refractivity contribution in [3.63, 3.8) is 0 Å². The van der Waals surface area contributed by atoms with Crippen LogP contribution in [-0.2, 0) is 13.0 Å². The molecular weight excluding hydrogens is 328 g/mol. The number of benzene rings is 2. The van der Waals surface area contributed by atoms with E-state index in [-0.39, 0.29) is 12.1 Å². The maximum absolute atomic E-state index is 12.2. The number of rotatable bonds is 4. The van der Waals surface area contributed by atoms with Crippen LogP contribution in [-0.4, -0.2) is 27.0 Å². The van der Waals surface area contributed by atoms with E-state index in [1.165, 1.54) is 0 Å². The van der Waals surface area contributed by atoms with E-state index in [1.807, 2.05) is 60.8 Å². The molecule has 26 heavy (non-hydrogen) atoms. The molecule has 0 aliphatic heterocycles. The van der Waals surface area contributed by atoms with Crippen molar-refractivity contribution in [2.45, 2.75) is 25.1 Å². The summed E-state index contributed by atoms with van der Waals surface area (Å²) in [4.78, 5) is 12.2. The summed E-state index contributed by atoms with van der Waals surface area (Å²) < 4.78 is 1.77. The number of nitrogens with zero attached hydrogens (tertiary/aromatic N) is 2. The Hall–Kier alpha value is -3.12. The molecule has 6 heteroatoms. The van der Waals surface area contributed by atoms with Gasteiger partial charge < -0.3 is 15.7 Å². The maximum atomic E-state index is 12.2. The molecule has 3 aromatic rings. The van der Waals surface area contributed by atoms with Crippen molar-refractivity contribution in [1.29, 1.82) is 0 Å². The Morgan fingerprint density at radius 2 is 1.92 bits per heavy atom. The van der Waals surface area contributed by atoms with Crippen LogP contribution in [0.2, 0.25) is 0 Å². The molecule has 0 bridgehead atoms. The summed E-state index contributed by atoms with van der Waals surface area (Å²) in [5, 5.41) is 20.2. The second kappa shape index (κ2) is 7.01. The average molecular weight is 348 g/mol. The van der Waals surface area contributed by atoms with Gasteiger partial charge in [0.05, 0.1) is 24.0 Å². The fourth-order valence-electron chi connectivity index (χ4n) is 3.30. The molecule has 3 N–H and O–H groups in total. The van der Waals surface area contributed by atoms with Gasteiger partial charge >= 0.3 is 6.03 Å². The minimum Gasteiger partial charge on any atom is -0.390 e.